The van der Waals surface area contributed by atoms with E-state index in [1.165, 1.54) is 0 Å². The van der Waals surface area contributed by atoms with Gasteiger partial charge in [0.25, 0.3) is 10.0 Å². The molecule has 0 saturated carbocycles. The Morgan fingerprint density at radius 3 is 1.88 bits per heavy atom. The lowest BCUT2D eigenvalue weighted by Gasteiger charge is -2.16. The van der Waals surface area contributed by atoms with Gasteiger partial charge in [0, 0.05) is 0 Å². The number of carboxylic acid groups (broad SMARTS) is 2. The molecule has 2 rings (SSSR count). The standard InChI is InChI=1S/C15H10F3NO6S/c16-15(17,18)11-3-1-2-4-12(11)26(24,25)19-10-6-8(13(20)21)5-9(7-10)14(22)23/h1-7,19H,(H,20,21)(H,22,23)/p-2. The molecular formula is C15H8F3NO6S-2. The molecule has 0 heterocycles. The lowest BCUT2D eigenvalue weighted by atomic mass is 10.1. The van der Waals surface area contributed by atoms with Crippen molar-refractivity contribution in [3.8, 4) is 0 Å². The van der Waals surface area contributed by atoms with Crippen LogP contribution >= 0.6 is 0 Å². The molecule has 0 atom stereocenters. The van der Waals surface area contributed by atoms with Crippen LogP contribution < -0.4 is 14.9 Å². The molecule has 2 aromatic rings. The molecule has 0 aliphatic heterocycles. The third-order valence-corrected chi connectivity index (χ3v) is 4.58. The first kappa shape index (κ1) is 19.2. The smallest absolute Gasteiger partial charge is 0.417 e. The Morgan fingerprint density at radius 1 is 0.923 bits per heavy atom. The summed E-state index contributed by atoms with van der Waals surface area (Å²) in [6.07, 6.45) is -4.96. The Morgan fingerprint density at radius 2 is 1.42 bits per heavy atom. The van der Waals surface area contributed by atoms with Crippen molar-refractivity contribution in [2.75, 3.05) is 4.72 Å². The largest absolute Gasteiger partial charge is 0.545 e. The Kier molecular flexibility index (Phi) is 4.94. The lowest BCUT2D eigenvalue weighted by Crippen LogP contribution is -2.26. The molecule has 0 aliphatic carbocycles. The normalized spacial score (nSPS) is 11.8. The van der Waals surface area contributed by atoms with E-state index >= 15 is 0 Å². The molecule has 0 spiro atoms. The van der Waals surface area contributed by atoms with Gasteiger partial charge in [-0.1, -0.05) is 12.1 Å². The average molecular weight is 387 g/mol. The molecule has 7 nitrogen and oxygen atoms in total. The maximum absolute atomic E-state index is 13.0. The van der Waals surface area contributed by atoms with Crippen molar-refractivity contribution >= 4 is 27.6 Å². The molecule has 11 heteroatoms. The van der Waals surface area contributed by atoms with Crippen LogP contribution in [0.1, 0.15) is 26.3 Å². The van der Waals surface area contributed by atoms with Gasteiger partial charge >= 0.3 is 6.18 Å². The number of hydrogen-bond acceptors (Lipinski definition) is 6. The third kappa shape index (κ3) is 4.11. The molecule has 2 aromatic carbocycles. The van der Waals surface area contributed by atoms with Crippen LogP contribution in [0.15, 0.2) is 47.4 Å². The summed E-state index contributed by atoms with van der Waals surface area (Å²) in [5.41, 5.74) is -3.42. The maximum Gasteiger partial charge on any atom is 0.417 e. The van der Waals surface area contributed by atoms with Gasteiger partial charge in [0.2, 0.25) is 0 Å². The topological polar surface area (TPSA) is 126 Å². The van der Waals surface area contributed by atoms with Gasteiger partial charge in [-0.05, 0) is 41.5 Å². The average Bonchev–Trinajstić information content (AvgIpc) is 2.53. The third-order valence-electron chi connectivity index (χ3n) is 3.14. The van der Waals surface area contributed by atoms with Crippen molar-refractivity contribution in [1.29, 1.82) is 0 Å². The van der Waals surface area contributed by atoms with Crippen molar-refractivity contribution < 1.29 is 41.4 Å². The predicted molar refractivity (Wildman–Crippen MR) is 77.4 cm³/mol. The van der Waals surface area contributed by atoms with Crippen LogP contribution in [0.25, 0.3) is 0 Å². The highest BCUT2D eigenvalue weighted by molar-refractivity contribution is 7.92. The van der Waals surface area contributed by atoms with E-state index in [4.69, 9.17) is 0 Å². The first-order chi connectivity index (χ1) is 11.9. The number of nitrogens with one attached hydrogen (secondary N) is 1. The number of carbonyl (C=O) groups is 2. The van der Waals surface area contributed by atoms with Crippen molar-refractivity contribution in [2.45, 2.75) is 11.1 Å². The second-order valence-electron chi connectivity index (χ2n) is 4.97. The Bertz CT molecular complexity index is 953. The van der Waals surface area contributed by atoms with Crippen molar-refractivity contribution in [2.24, 2.45) is 0 Å². The zero-order valence-electron chi connectivity index (χ0n) is 12.5. The summed E-state index contributed by atoms with van der Waals surface area (Å²) in [5.74, 6) is -3.63. The molecule has 0 aromatic heterocycles. The van der Waals surface area contributed by atoms with Crippen LogP contribution in [0.4, 0.5) is 18.9 Å². The van der Waals surface area contributed by atoms with Crippen LogP contribution in [0, 0.1) is 0 Å². The van der Waals surface area contributed by atoms with E-state index in [1.807, 2.05) is 0 Å². The summed E-state index contributed by atoms with van der Waals surface area (Å²) < 4.78 is 65.3. The van der Waals surface area contributed by atoms with Crippen molar-refractivity contribution in [3.63, 3.8) is 0 Å². The first-order valence-corrected chi connectivity index (χ1v) is 8.17. The number of hydrogen-bond donors (Lipinski definition) is 1. The van der Waals surface area contributed by atoms with Gasteiger partial charge in [0.05, 0.1) is 28.1 Å². The zero-order chi connectivity index (χ0) is 19.7. The molecule has 0 fully saturated rings. The van der Waals surface area contributed by atoms with E-state index < -0.39 is 55.4 Å². The fourth-order valence-electron chi connectivity index (χ4n) is 2.07. The van der Waals surface area contributed by atoms with Gasteiger partial charge in [-0.15, -0.1) is 0 Å². The molecule has 0 aliphatic rings. The van der Waals surface area contributed by atoms with E-state index in [1.54, 1.807) is 4.72 Å². The fourth-order valence-corrected chi connectivity index (χ4v) is 3.34. The molecule has 0 bridgehead atoms. The Hall–Kier alpha value is -3.08. The monoisotopic (exact) mass is 387 g/mol. The number of alkyl halides is 3. The zero-order valence-corrected chi connectivity index (χ0v) is 13.3. The summed E-state index contributed by atoms with van der Waals surface area (Å²) >= 11 is 0. The summed E-state index contributed by atoms with van der Waals surface area (Å²) in [6, 6.07) is 5.38. The summed E-state index contributed by atoms with van der Waals surface area (Å²) in [6.45, 7) is 0. The molecule has 1 N–H and O–H groups in total. The molecule has 0 radical (unpaired) electrons. The van der Waals surface area contributed by atoms with Gasteiger partial charge in [-0.25, -0.2) is 8.42 Å². The Balaban J connectivity index is 2.55. The highest BCUT2D eigenvalue weighted by Gasteiger charge is 2.36. The van der Waals surface area contributed by atoms with E-state index in [9.17, 15) is 41.4 Å². The molecule has 0 unspecified atom stereocenters. The van der Waals surface area contributed by atoms with E-state index in [0.717, 1.165) is 12.1 Å². The van der Waals surface area contributed by atoms with Crippen LogP contribution in [-0.4, -0.2) is 20.4 Å². The second-order valence-corrected chi connectivity index (χ2v) is 6.62. The minimum Gasteiger partial charge on any atom is -0.545 e. The van der Waals surface area contributed by atoms with E-state index in [-0.39, 0.29) is 0 Å². The molecule has 26 heavy (non-hydrogen) atoms. The van der Waals surface area contributed by atoms with Gasteiger partial charge < -0.3 is 19.8 Å². The van der Waals surface area contributed by atoms with Gasteiger partial charge in [0.1, 0.15) is 0 Å². The van der Waals surface area contributed by atoms with Gasteiger partial charge in [-0.2, -0.15) is 13.2 Å². The van der Waals surface area contributed by atoms with Crippen molar-refractivity contribution in [1.82, 2.24) is 0 Å². The van der Waals surface area contributed by atoms with Crippen LogP contribution in [-0.2, 0) is 16.2 Å². The number of halogens is 3. The van der Waals surface area contributed by atoms with E-state index in [0.29, 0.717) is 30.3 Å². The fraction of sp³-hybridized carbons (Fsp3) is 0.0667. The van der Waals surface area contributed by atoms with Crippen LogP contribution in [0.5, 0.6) is 0 Å². The number of sulfonamides is 1. The molecule has 138 valence electrons. The quantitative estimate of drug-likeness (QED) is 0.783. The maximum atomic E-state index is 13.0. The van der Waals surface area contributed by atoms with Crippen molar-refractivity contribution in [3.05, 3.63) is 59.2 Å². The number of rotatable bonds is 5. The van der Waals surface area contributed by atoms with Crippen LogP contribution in [0.3, 0.4) is 0 Å². The number of benzene rings is 2. The summed E-state index contributed by atoms with van der Waals surface area (Å²) in [5, 5.41) is 21.8. The minimum absolute atomic E-state index is 0.554. The highest BCUT2D eigenvalue weighted by atomic mass is 32.2. The molecule has 0 saturated heterocycles. The number of anilines is 1. The highest BCUT2D eigenvalue weighted by Crippen LogP contribution is 2.34. The number of carboxylic acids is 2. The first-order valence-electron chi connectivity index (χ1n) is 6.68. The lowest BCUT2D eigenvalue weighted by molar-refractivity contribution is -0.255. The molecule has 0 amide bonds. The second kappa shape index (κ2) is 6.67. The van der Waals surface area contributed by atoms with Gasteiger partial charge in [-0.3, -0.25) is 4.72 Å². The van der Waals surface area contributed by atoms with Crippen LogP contribution in [0.2, 0.25) is 0 Å². The van der Waals surface area contributed by atoms with E-state index in [2.05, 4.69) is 0 Å². The summed E-state index contributed by atoms with van der Waals surface area (Å²) in [7, 11) is -4.81. The minimum atomic E-state index is -4.96. The van der Waals surface area contributed by atoms with Gasteiger partial charge in [0.15, 0.2) is 0 Å². The number of carbonyl (C=O) groups excluding carboxylic acids is 2. The Labute approximate surface area is 144 Å². The predicted octanol–water partition coefficient (Wildman–Crippen LogP) is 0.233. The summed E-state index contributed by atoms with van der Waals surface area (Å²) in [4.78, 5) is 20.7. The SMILES string of the molecule is O=C([O-])c1cc(NS(=O)(=O)c2ccccc2C(F)(F)F)cc(C(=O)[O-])c1. The number of aromatic carboxylic acids is 2. The molecular weight excluding hydrogens is 379 g/mol.